The minimum absolute atomic E-state index is 0.0809. The molecule has 0 bridgehead atoms. The highest BCUT2D eigenvalue weighted by Gasteiger charge is 2.15. The Hall–Kier alpha value is -3.20. The summed E-state index contributed by atoms with van der Waals surface area (Å²) in [6.07, 6.45) is 0. The van der Waals surface area contributed by atoms with Crippen LogP contribution in [0.3, 0.4) is 0 Å². The average molecular weight is 403 g/mol. The second kappa shape index (κ2) is 7.81. The molecule has 0 radical (unpaired) electrons. The summed E-state index contributed by atoms with van der Waals surface area (Å²) in [5.41, 5.74) is 1.04. The number of nitrogens with one attached hydrogen (secondary N) is 1. The van der Waals surface area contributed by atoms with Crippen molar-refractivity contribution >= 4 is 21.4 Å². The smallest absolute Gasteiger partial charge is 0.258 e. The molecule has 0 aliphatic carbocycles. The minimum Gasteiger partial charge on any atom is -0.322 e. The SMILES string of the molecule is CCS(=O)(=O)c1ccc(-c2cccc(NC(=O)c3ccc(F)cc3F)c2)nn1. The molecule has 0 saturated carbocycles. The Morgan fingerprint density at radius 3 is 2.46 bits per heavy atom. The largest absolute Gasteiger partial charge is 0.322 e. The van der Waals surface area contributed by atoms with Crippen LogP contribution in [0.15, 0.2) is 59.6 Å². The van der Waals surface area contributed by atoms with E-state index in [1.807, 2.05) is 0 Å². The predicted molar refractivity (Wildman–Crippen MR) is 99.5 cm³/mol. The molecule has 6 nitrogen and oxygen atoms in total. The zero-order valence-corrected chi connectivity index (χ0v) is 15.5. The molecule has 28 heavy (non-hydrogen) atoms. The van der Waals surface area contributed by atoms with E-state index >= 15 is 0 Å². The maximum atomic E-state index is 13.7. The number of hydrogen-bond acceptors (Lipinski definition) is 5. The first-order chi connectivity index (χ1) is 13.3. The van der Waals surface area contributed by atoms with E-state index < -0.39 is 27.4 Å². The van der Waals surface area contributed by atoms with Gasteiger partial charge in [0.2, 0.25) is 0 Å². The molecule has 0 aliphatic heterocycles. The molecular formula is C19H15F2N3O3S. The van der Waals surface area contributed by atoms with Gasteiger partial charge in [0.1, 0.15) is 11.6 Å². The molecule has 0 atom stereocenters. The van der Waals surface area contributed by atoms with E-state index in [0.717, 1.165) is 12.1 Å². The van der Waals surface area contributed by atoms with E-state index in [0.29, 0.717) is 23.0 Å². The van der Waals surface area contributed by atoms with E-state index in [4.69, 9.17) is 0 Å². The molecule has 0 spiro atoms. The number of carbonyl (C=O) groups excluding carboxylic acids is 1. The van der Waals surface area contributed by atoms with Gasteiger partial charge in [-0.25, -0.2) is 17.2 Å². The number of rotatable bonds is 5. The molecule has 0 unspecified atom stereocenters. The zero-order chi connectivity index (χ0) is 20.3. The fourth-order valence-electron chi connectivity index (χ4n) is 2.42. The van der Waals surface area contributed by atoms with Crippen LogP contribution in [0.1, 0.15) is 17.3 Å². The number of benzene rings is 2. The van der Waals surface area contributed by atoms with E-state index in [1.54, 1.807) is 24.3 Å². The Bertz CT molecular complexity index is 1130. The van der Waals surface area contributed by atoms with Gasteiger partial charge < -0.3 is 5.32 Å². The van der Waals surface area contributed by atoms with Crippen LogP contribution >= 0.6 is 0 Å². The summed E-state index contributed by atoms with van der Waals surface area (Å²) in [6, 6.07) is 12.1. The molecule has 1 aromatic heterocycles. The first kappa shape index (κ1) is 19.6. The van der Waals surface area contributed by atoms with Crippen molar-refractivity contribution in [2.24, 2.45) is 0 Å². The monoisotopic (exact) mass is 403 g/mol. The molecule has 3 rings (SSSR count). The lowest BCUT2D eigenvalue weighted by molar-refractivity contribution is 0.102. The van der Waals surface area contributed by atoms with Crippen LogP contribution in [-0.2, 0) is 9.84 Å². The van der Waals surface area contributed by atoms with Crippen LogP contribution in [0.25, 0.3) is 11.3 Å². The Balaban J connectivity index is 1.83. The Labute approximate surface area is 160 Å². The Kier molecular flexibility index (Phi) is 5.46. The molecule has 0 saturated heterocycles. The number of aromatic nitrogens is 2. The fourth-order valence-corrected chi connectivity index (χ4v) is 3.15. The van der Waals surface area contributed by atoms with Crippen molar-refractivity contribution in [3.05, 3.63) is 71.8 Å². The number of hydrogen-bond donors (Lipinski definition) is 1. The van der Waals surface area contributed by atoms with Crippen molar-refractivity contribution in [3.8, 4) is 11.3 Å². The van der Waals surface area contributed by atoms with Gasteiger partial charge in [-0.15, -0.1) is 10.2 Å². The van der Waals surface area contributed by atoms with Gasteiger partial charge in [0.15, 0.2) is 14.9 Å². The third kappa shape index (κ3) is 4.20. The molecule has 0 aliphatic rings. The summed E-state index contributed by atoms with van der Waals surface area (Å²) in [6.45, 7) is 1.51. The van der Waals surface area contributed by atoms with Gasteiger partial charge in [-0.2, -0.15) is 0 Å². The van der Waals surface area contributed by atoms with Gasteiger partial charge in [0, 0.05) is 17.3 Å². The average Bonchev–Trinajstić information content (AvgIpc) is 2.68. The van der Waals surface area contributed by atoms with Crippen LogP contribution in [-0.4, -0.2) is 30.3 Å². The van der Waals surface area contributed by atoms with Crippen molar-refractivity contribution in [2.45, 2.75) is 11.9 Å². The quantitative estimate of drug-likeness (QED) is 0.705. The lowest BCUT2D eigenvalue weighted by atomic mass is 10.1. The lowest BCUT2D eigenvalue weighted by Crippen LogP contribution is -2.14. The van der Waals surface area contributed by atoms with E-state index in [-0.39, 0.29) is 16.3 Å². The zero-order valence-electron chi connectivity index (χ0n) is 14.7. The number of halogens is 2. The van der Waals surface area contributed by atoms with Gasteiger partial charge >= 0.3 is 0 Å². The Morgan fingerprint density at radius 1 is 1.04 bits per heavy atom. The van der Waals surface area contributed by atoms with Gasteiger partial charge in [0.05, 0.1) is 17.0 Å². The Morgan fingerprint density at radius 2 is 1.82 bits per heavy atom. The van der Waals surface area contributed by atoms with Crippen LogP contribution in [0, 0.1) is 11.6 Å². The normalized spacial score (nSPS) is 11.2. The van der Waals surface area contributed by atoms with E-state index in [2.05, 4.69) is 15.5 Å². The molecule has 3 aromatic rings. The number of carbonyl (C=O) groups is 1. The molecule has 1 N–H and O–H groups in total. The summed E-state index contributed by atoms with van der Waals surface area (Å²) in [5.74, 6) is -2.55. The predicted octanol–water partition coefficient (Wildman–Crippen LogP) is 3.47. The summed E-state index contributed by atoms with van der Waals surface area (Å²) < 4.78 is 50.3. The molecule has 1 heterocycles. The fraction of sp³-hybridized carbons (Fsp3) is 0.105. The van der Waals surface area contributed by atoms with Crippen molar-refractivity contribution in [3.63, 3.8) is 0 Å². The maximum Gasteiger partial charge on any atom is 0.258 e. The third-order valence-electron chi connectivity index (χ3n) is 3.93. The van der Waals surface area contributed by atoms with Gasteiger partial charge in [0.25, 0.3) is 5.91 Å². The van der Waals surface area contributed by atoms with Crippen molar-refractivity contribution in [1.29, 1.82) is 0 Å². The molecule has 9 heteroatoms. The highest BCUT2D eigenvalue weighted by Crippen LogP contribution is 2.22. The maximum absolute atomic E-state index is 13.7. The first-order valence-electron chi connectivity index (χ1n) is 8.23. The highest BCUT2D eigenvalue weighted by molar-refractivity contribution is 7.91. The van der Waals surface area contributed by atoms with Crippen LogP contribution in [0.2, 0.25) is 0 Å². The summed E-state index contributed by atoms with van der Waals surface area (Å²) >= 11 is 0. The standard InChI is InChI=1S/C19H15F2N3O3S/c1-2-28(26,27)18-9-8-17(23-24-18)12-4-3-5-14(10-12)22-19(25)15-7-6-13(20)11-16(15)21/h3-11H,2H2,1H3,(H,22,25). The topological polar surface area (TPSA) is 89.0 Å². The van der Waals surface area contributed by atoms with Crippen molar-refractivity contribution < 1.29 is 22.0 Å². The molecule has 144 valence electrons. The first-order valence-corrected chi connectivity index (χ1v) is 9.88. The summed E-state index contributed by atoms with van der Waals surface area (Å²) in [5, 5.41) is 10.1. The number of sulfone groups is 1. The summed E-state index contributed by atoms with van der Waals surface area (Å²) in [7, 11) is -3.45. The second-order valence-corrected chi connectivity index (χ2v) is 8.04. The van der Waals surface area contributed by atoms with Gasteiger partial charge in [-0.05, 0) is 36.4 Å². The van der Waals surface area contributed by atoms with Gasteiger partial charge in [-0.1, -0.05) is 19.1 Å². The number of amides is 1. The summed E-state index contributed by atoms with van der Waals surface area (Å²) in [4.78, 5) is 12.2. The van der Waals surface area contributed by atoms with Crippen molar-refractivity contribution in [1.82, 2.24) is 10.2 Å². The van der Waals surface area contributed by atoms with Gasteiger partial charge in [-0.3, -0.25) is 4.79 Å². The van der Waals surface area contributed by atoms with Crippen LogP contribution in [0.5, 0.6) is 0 Å². The molecule has 2 aromatic carbocycles. The number of anilines is 1. The lowest BCUT2D eigenvalue weighted by Gasteiger charge is -2.08. The van der Waals surface area contributed by atoms with E-state index in [9.17, 15) is 22.0 Å². The molecular weight excluding hydrogens is 388 g/mol. The van der Waals surface area contributed by atoms with Crippen molar-refractivity contribution in [2.75, 3.05) is 11.1 Å². The minimum atomic E-state index is -3.45. The highest BCUT2D eigenvalue weighted by atomic mass is 32.2. The van der Waals surface area contributed by atoms with Crippen LogP contribution < -0.4 is 5.32 Å². The third-order valence-corrected chi connectivity index (χ3v) is 5.55. The molecule has 1 amide bonds. The van der Waals surface area contributed by atoms with Crippen LogP contribution in [0.4, 0.5) is 14.5 Å². The van der Waals surface area contributed by atoms with E-state index in [1.165, 1.54) is 19.1 Å². The second-order valence-electron chi connectivity index (χ2n) is 5.82. The molecule has 0 fully saturated rings. The number of nitrogens with zero attached hydrogens (tertiary/aromatic N) is 2.